The zero-order valence-electron chi connectivity index (χ0n) is 26.1. The van der Waals surface area contributed by atoms with Crippen molar-refractivity contribution >= 4 is 17.7 Å². The summed E-state index contributed by atoms with van der Waals surface area (Å²) in [4.78, 5) is 11.8. The average molecular weight is 643 g/mol. The Balaban J connectivity index is 1.44. The molecule has 0 aliphatic carbocycles. The summed E-state index contributed by atoms with van der Waals surface area (Å²) in [5.74, 6) is -1.07. The lowest BCUT2D eigenvalue weighted by Gasteiger charge is -2.46. The van der Waals surface area contributed by atoms with Crippen molar-refractivity contribution in [2.24, 2.45) is 5.92 Å². The lowest BCUT2D eigenvalue weighted by molar-refractivity contribution is -0.254. The lowest BCUT2D eigenvalue weighted by atomic mass is 9.98. The van der Waals surface area contributed by atoms with Crippen LogP contribution in [-0.4, -0.2) is 53.3 Å². The highest BCUT2D eigenvalue weighted by atomic mass is 32.2. The fourth-order valence-corrected chi connectivity index (χ4v) is 6.46. The molecule has 0 radical (unpaired) electrons. The van der Waals surface area contributed by atoms with Crippen LogP contribution in [0.15, 0.2) is 121 Å². The Morgan fingerprint density at radius 3 is 1.52 bits per heavy atom. The molecule has 6 atom stereocenters. The Bertz CT molecular complexity index is 1420. The van der Waals surface area contributed by atoms with Gasteiger partial charge in [-0.15, -0.1) is 11.8 Å². The van der Waals surface area contributed by atoms with Crippen molar-refractivity contribution in [3.8, 4) is 0 Å². The summed E-state index contributed by atoms with van der Waals surface area (Å²) < 4.78 is 33.0. The highest BCUT2D eigenvalue weighted by molar-refractivity contribution is 7.99. The summed E-state index contributed by atoms with van der Waals surface area (Å²) in [7, 11) is 0. The summed E-state index contributed by atoms with van der Waals surface area (Å²) in [6.07, 6.45) is -2.12. The van der Waals surface area contributed by atoms with Gasteiger partial charge >= 0.3 is 5.97 Å². The van der Waals surface area contributed by atoms with Gasteiger partial charge < -0.3 is 28.8 Å². The maximum absolute atomic E-state index is 11.8. The van der Waals surface area contributed by atoms with Gasteiger partial charge in [0.25, 0.3) is 0 Å². The Kier molecular flexibility index (Phi) is 13.2. The molecule has 0 bridgehead atoms. The van der Waals surface area contributed by atoms with E-state index in [0.29, 0.717) is 32.2 Å². The van der Waals surface area contributed by atoms with Crippen molar-refractivity contribution in [2.75, 3.05) is 12.4 Å². The molecule has 46 heavy (non-hydrogen) atoms. The van der Waals surface area contributed by atoms with Crippen LogP contribution in [-0.2, 0) is 54.9 Å². The molecule has 5 rings (SSSR count). The van der Waals surface area contributed by atoms with Crippen molar-refractivity contribution in [1.29, 1.82) is 0 Å². The van der Waals surface area contributed by atoms with E-state index in [1.54, 1.807) is 6.92 Å². The Labute approximate surface area is 275 Å². The Hall–Kier alpha value is -3.50. The fourth-order valence-electron chi connectivity index (χ4n) is 5.19. The molecule has 5 unspecified atom stereocenters. The molecule has 1 aliphatic rings. The van der Waals surface area contributed by atoms with E-state index < -0.39 is 41.7 Å². The number of hydrogen-bond donors (Lipinski definition) is 1. The van der Waals surface area contributed by atoms with E-state index in [-0.39, 0.29) is 6.61 Å². The van der Waals surface area contributed by atoms with E-state index in [1.807, 2.05) is 121 Å². The molecule has 4 aromatic carbocycles. The second-order valence-corrected chi connectivity index (χ2v) is 12.5. The number of aliphatic carboxylic acids is 1. The molecule has 242 valence electrons. The van der Waals surface area contributed by atoms with Gasteiger partial charge in [-0.05, 0) is 22.3 Å². The molecule has 0 amide bonds. The summed E-state index contributed by atoms with van der Waals surface area (Å²) in [6.45, 7) is 3.43. The average Bonchev–Trinajstić information content (AvgIpc) is 3.10. The third-order valence-corrected chi connectivity index (χ3v) is 9.17. The van der Waals surface area contributed by atoms with Crippen molar-refractivity contribution in [3.05, 3.63) is 144 Å². The third kappa shape index (κ3) is 10.3. The topological polar surface area (TPSA) is 83.5 Å². The van der Waals surface area contributed by atoms with Crippen molar-refractivity contribution in [3.63, 3.8) is 0 Å². The van der Waals surface area contributed by atoms with Crippen LogP contribution in [0.4, 0.5) is 0 Å². The molecule has 1 N–H and O–H groups in total. The van der Waals surface area contributed by atoms with Crippen LogP contribution in [0.2, 0.25) is 0 Å². The van der Waals surface area contributed by atoms with E-state index >= 15 is 0 Å². The normalized spacial score (nSPS) is 21.9. The monoisotopic (exact) mass is 642 g/mol. The molecule has 7 nitrogen and oxygen atoms in total. The highest BCUT2D eigenvalue weighted by Crippen LogP contribution is 2.36. The van der Waals surface area contributed by atoms with Crippen LogP contribution in [0.5, 0.6) is 0 Å². The standard InChI is InChI=1S/C38H42O7S/c1-28(37(39)40)27-46-38-36(44-25-32-20-12-5-13-21-32)35(43-24-31-18-10-4-11-19-31)34(42-23-30-16-8-3-9-17-30)33(45-38)26-41-22-29-14-6-2-7-15-29/h2-21,28,33-36,38H,22-27H2,1H3,(H,39,40)/t28-,33?,34?,35?,36?,38?/m0/s1. The second-order valence-electron chi connectivity index (χ2n) is 11.4. The molecule has 0 saturated carbocycles. The van der Waals surface area contributed by atoms with Gasteiger partial charge in [0, 0.05) is 5.75 Å². The summed E-state index contributed by atoms with van der Waals surface area (Å²) in [6, 6.07) is 40.0. The smallest absolute Gasteiger partial charge is 0.307 e. The maximum atomic E-state index is 11.8. The van der Waals surface area contributed by atoms with Crippen molar-refractivity contribution < 1.29 is 33.6 Å². The molecule has 1 saturated heterocycles. The van der Waals surface area contributed by atoms with E-state index in [9.17, 15) is 9.90 Å². The van der Waals surface area contributed by atoms with E-state index in [1.165, 1.54) is 11.8 Å². The van der Waals surface area contributed by atoms with E-state index in [4.69, 9.17) is 23.7 Å². The molecular weight excluding hydrogens is 600 g/mol. The molecular formula is C38H42O7S. The highest BCUT2D eigenvalue weighted by Gasteiger charge is 2.48. The number of hydrogen-bond acceptors (Lipinski definition) is 7. The molecule has 1 heterocycles. The van der Waals surface area contributed by atoms with Crippen LogP contribution >= 0.6 is 11.8 Å². The minimum absolute atomic E-state index is 0.260. The van der Waals surface area contributed by atoms with Crippen molar-refractivity contribution in [2.45, 2.75) is 63.2 Å². The predicted octanol–water partition coefficient (Wildman–Crippen LogP) is 7.14. The Morgan fingerprint density at radius 2 is 1.07 bits per heavy atom. The SMILES string of the molecule is C[C@@H](CSC1OC(COCc2ccccc2)C(OCc2ccccc2)C(OCc2ccccc2)C1OCc1ccccc1)C(=O)O. The molecule has 4 aromatic rings. The summed E-state index contributed by atoms with van der Waals surface area (Å²) >= 11 is 1.43. The van der Waals surface area contributed by atoms with Crippen LogP contribution in [0.25, 0.3) is 0 Å². The minimum atomic E-state index is -0.853. The first-order valence-corrected chi connectivity index (χ1v) is 16.7. The van der Waals surface area contributed by atoms with Crippen LogP contribution in [0.3, 0.4) is 0 Å². The van der Waals surface area contributed by atoms with Crippen LogP contribution in [0.1, 0.15) is 29.2 Å². The fraction of sp³-hybridized carbons (Fsp3) is 0.342. The van der Waals surface area contributed by atoms with Gasteiger partial charge in [-0.1, -0.05) is 128 Å². The summed E-state index contributed by atoms with van der Waals surface area (Å²) in [5.41, 5.74) is 3.61. The number of thioether (sulfide) groups is 1. The number of carboxylic acid groups (broad SMARTS) is 1. The van der Waals surface area contributed by atoms with Gasteiger partial charge in [0.1, 0.15) is 29.9 Å². The zero-order chi connectivity index (χ0) is 32.0. The Morgan fingerprint density at radius 1 is 0.652 bits per heavy atom. The van der Waals surface area contributed by atoms with E-state index in [0.717, 1.165) is 22.3 Å². The van der Waals surface area contributed by atoms with Gasteiger partial charge in [0.2, 0.25) is 0 Å². The summed E-state index contributed by atoms with van der Waals surface area (Å²) in [5, 5.41) is 9.64. The van der Waals surface area contributed by atoms with E-state index in [2.05, 4.69) is 0 Å². The van der Waals surface area contributed by atoms with Gasteiger partial charge in [0.05, 0.1) is 39.0 Å². The number of carboxylic acids is 1. The number of carbonyl (C=O) groups is 1. The largest absolute Gasteiger partial charge is 0.481 e. The number of benzene rings is 4. The molecule has 1 fully saturated rings. The van der Waals surface area contributed by atoms with Gasteiger partial charge in [-0.2, -0.15) is 0 Å². The van der Waals surface area contributed by atoms with Crippen LogP contribution < -0.4 is 0 Å². The van der Waals surface area contributed by atoms with Crippen molar-refractivity contribution in [1.82, 2.24) is 0 Å². The first-order valence-electron chi connectivity index (χ1n) is 15.6. The molecule has 1 aliphatic heterocycles. The second kappa shape index (κ2) is 18.0. The zero-order valence-corrected chi connectivity index (χ0v) is 26.9. The third-order valence-electron chi connectivity index (χ3n) is 7.77. The molecule has 0 spiro atoms. The first-order chi connectivity index (χ1) is 22.6. The number of rotatable bonds is 17. The molecule has 0 aromatic heterocycles. The first kappa shape index (κ1) is 33.9. The number of ether oxygens (including phenoxy) is 5. The quantitative estimate of drug-likeness (QED) is 0.130. The van der Waals surface area contributed by atoms with Gasteiger partial charge in [-0.25, -0.2) is 0 Å². The van der Waals surface area contributed by atoms with Crippen LogP contribution in [0, 0.1) is 5.92 Å². The molecule has 8 heteroatoms. The minimum Gasteiger partial charge on any atom is -0.481 e. The predicted molar refractivity (Wildman–Crippen MR) is 179 cm³/mol. The van der Waals surface area contributed by atoms with Gasteiger partial charge in [-0.3, -0.25) is 4.79 Å². The maximum Gasteiger partial charge on any atom is 0.307 e. The van der Waals surface area contributed by atoms with Gasteiger partial charge in [0.15, 0.2) is 0 Å². The lowest BCUT2D eigenvalue weighted by Crippen LogP contribution is -2.60.